The molecule has 5 rings (SSSR count). The van der Waals surface area contributed by atoms with Crippen molar-refractivity contribution in [3.63, 3.8) is 0 Å². The van der Waals surface area contributed by atoms with Crippen molar-refractivity contribution in [2.45, 2.75) is 24.8 Å². The Bertz CT molecular complexity index is 1590. The fourth-order valence-electron chi connectivity index (χ4n) is 4.39. The van der Waals surface area contributed by atoms with Gasteiger partial charge in [0.25, 0.3) is 5.69 Å². The van der Waals surface area contributed by atoms with Crippen LogP contribution in [0.15, 0.2) is 58.4 Å². The van der Waals surface area contributed by atoms with Crippen molar-refractivity contribution in [3.05, 3.63) is 70.2 Å². The van der Waals surface area contributed by atoms with E-state index in [-0.39, 0.29) is 16.3 Å². The van der Waals surface area contributed by atoms with E-state index in [0.29, 0.717) is 47.3 Å². The largest absolute Gasteiger partial charge is 0.501 e. The van der Waals surface area contributed by atoms with Gasteiger partial charge >= 0.3 is 10.0 Å². The Morgan fingerprint density at radius 1 is 1.06 bits per heavy atom. The molecule has 3 aromatic carbocycles. The van der Waals surface area contributed by atoms with Gasteiger partial charge in [-0.3, -0.25) is 4.99 Å². The second-order valence-electron chi connectivity index (χ2n) is 8.46. The molecule has 2 N–H and O–H groups in total. The van der Waals surface area contributed by atoms with Crippen molar-refractivity contribution in [1.82, 2.24) is 0 Å². The molecule has 0 saturated carbocycles. The van der Waals surface area contributed by atoms with Crippen LogP contribution in [0.5, 0.6) is 17.2 Å². The highest BCUT2D eigenvalue weighted by molar-refractivity contribution is 7.85. The summed E-state index contributed by atoms with van der Waals surface area (Å²) in [6, 6.07) is 14.0. The lowest BCUT2D eigenvalue weighted by atomic mass is 10.1. The van der Waals surface area contributed by atoms with Crippen molar-refractivity contribution in [1.29, 1.82) is 0 Å². The molecule has 2 heterocycles. The number of benzene rings is 3. The zero-order chi connectivity index (χ0) is 24.7. The van der Waals surface area contributed by atoms with E-state index in [1.54, 1.807) is 50.8 Å². The van der Waals surface area contributed by atoms with Gasteiger partial charge in [0.2, 0.25) is 5.75 Å². The summed E-state index contributed by atoms with van der Waals surface area (Å²) >= 11 is 0. The Balaban J connectivity index is 1.56. The lowest BCUT2D eigenvalue weighted by Crippen LogP contribution is -2.32. The molecule has 9 heteroatoms. The lowest BCUT2D eigenvalue weighted by Gasteiger charge is -2.13. The first-order valence-electron chi connectivity index (χ1n) is 11.2. The third-order valence-electron chi connectivity index (χ3n) is 6.24. The fourth-order valence-corrected chi connectivity index (χ4v) is 5.78. The number of phenols is 1. The van der Waals surface area contributed by atoms with Crippen LogP contribution in [0.3, 0.4) is 0 Å². The van der Waals surface area contributed by atoms with Gasteiger partial charge in [0, 0.05) is 18.7 Å². The molecule has 0 bridgehead atoms. The zero-order valence-corrected chi connectivity index (χ0v) is 20.5. The molecule has 0 radical (unpaired) electrons. The first-order chi connectivity index (χ1) is 16.8. The lowest BCUT2D eigenvalue weighted by molar-refractivity contribution is -0.253. The minimum Gasteiger partial charge on any atom is -0.501 e. The van der Waals surface area contributed by atoms with E-state index in [2.05, 4.69) is 10.3 Å². The molecule has 0 amide bonds. The van der Waals surface area contributed by atoms with Gasteiger partial charge in [0.15, 0.2) is 17.7 Å². The molecule has 8 nitrogen and oxygen atoms in total. The SMILES string of the molecule is COc1ccc(CNc2cc3c4c(c2O)[N+](S(=O)(=O)c2ccc(C)cc2)=CC=4CCN=3)cc1OC. The Morgan fingerprint density at radius 2 is 1.80 bits per heavy atom. The summed E-state index contributed by atoms with van der Waals surface area (Å²) in [5.74, 6) is 1.08. The number of hydrogen-bond donors (Lipinski definition) is 2. The maximum absolute atomic E-state index is 13.6. The first kappa shape index (κ1) is 22.9. The molecular weight excluding hydrogens is 466 g/mol. The molecule has 0 spiro atoms. The third-order valence-corrected chi connectivity index (χ3v) is 7.91. The summed E-state index contributed by atoms with van der Waals surface area (Å²) in [6.07, 6.45) is 2.22. The Hall–Kier alpha value is -3.85. The van der Waals surface area contributed by atoms with Gasteiger partial charge in [-0.05, 0) is 49.2 Å². The predicted octanol–water partition coefficient (Wildman–Crippen LogP) is 2.62. The highest BCUT2D eigenvalue weighted by Crippen LogP contribution is 2.36. The molecule has 0 atom stereocenters. The molecule has 0 saturated heterocycles. The molecule has 0 fully saturated rings. The molecule has 2 aliphatic rings. The van der Waals surface area contributed by atoms with Crippen molar-refractivity contribution in [2.75, 3.05) is 26.1 Å². The highest BCUT2D eigenvalue weighted by Gasteiger charge is 2.39. The van der Waals surface area contributed by atoms with E-state index in [4.69, 9.17) is 9.47 Å². The number of nitrogens with zero attached hydrogens (tertiary/aromatic N) is 2. The standard InChI is InChI=1S/C26H25N3O5S/c1-16-4-7-19(8-5-16)35(31,32)29-15-18-10-11-27-20-13-21(26(30)25(29)24(18)20)28-14-17-6-9-22(33-2)23(12-17)34-3/h4-9,12-13,15H,10-11,14H2,1-3H3,(H,27,28)/p+1. The number of hydrogen-bond acceptors (Lipinski definition) is 7. The second kappa shape index (κ2) is 8.74. The Labute approximate surface area is 203 Å². The van der Waals surface area contributed by atoms with Gasteiger partial charge in [-0.25, -0.2) is 0 Å². The average molecular weight is 493 g/mol. The summed E-state index contributed by atoms with van der Waals surface area (Å²) in [7, 11) is -0.781. The second-order valence-corrected chi connectivity index (χ2v) is 10.3. The van der Waals surface area contributed by atoms with Gasteiger partial charge in [-0.1, -0.05) is 27.7 Å². The van der Waals surface area contributed by atoms with E-state index in [1.165, 1.54) is 3.98 Å². The number of aryl methyl sites for hydroxylation is 1. The zero-order valence-electron chi connectivity index (χ0n) is 19.7. The van der Waals surface area contributed by atoms with Crippen LogP contribution in [0.1, 0.15) is 17.5 Å². The molecule has 0 unspecified atom stereocenters. The van der Waals surface area contributed by atoms with Crippen molar-refractivity contribution < 1.29 is 27.0 Å². The smallest absolute Gasteiger partial charge is 0.400 e. The highest BCUT2D eigenvalue weighted by atomic mass is 32.2. The van der Waals surface area contributed by atoms with Crippen LogP contribution in [0.4, 0.5) is 11.4 Å². The quantitative estimate of drug-likeness (QED) is 0.389. The number of aromatic hydroxyl groups is 1. The minimum absolute atomic E-state index is 0.136. The first-order valence-corrected chi connectivity index (χ1v) is 12.6. The number of ether oxygens (including phenoxy) is 2. The maximum Gasteiger partial charge on any atom is 0.400 e. The molecule has 0 aliphatic carbocycles. The van der Waals surface area contributed by atoms with Crippen molar-refractivity contribution in [2.24, 2.45) is 4.99 Å². The molecule has 2 aliphatic heterocycles. The van der Waals surface area contributed by atoms with E-state index in [9.17, 15) is 13.5 Å². The minimum atomic E-state index is -3.93. The van der Waals surface area contributed by atoms with E-state index in [1.807, 2.05) is 25.1 Å². The number of nitrogens with one attached hydrogen (secondary N) is 1. The molecular formula is C26H26N3O5S+. The fraction of sp³-hybridized carbons (Fsp3) is 0.231. The van der Waals surface area contributed by atoms with Crippen LogP contribution in [-0.2, 0) is 16.6 Å². The Kier molecular flexibility index (Phi) is 5.72. The van der Waals surface area contributed by atoms with Crippen molar-refractivity contribution >= 4 is 33.2 Å². The van der Waals surface area contributed by atoms with Gasteiger partial charge in [0.1, 0.15) is 4.90 Å². The van der Waals surface area contributed by atoms with Crippen LogP contribution in [0.2, 0.25) is 0 Å². The van der Waals surface area contributed by atoms with Crippen LogP contribution >= 0.6 is 0 Å². The van der Waals surface area contributed by atoms with Crippen molar-refractivity contribution in [3.8, 4) is 17.2 Å². The van der Waals surface area contributed by atoms with Gasteiger partial charge in [-0.15, -0.1) is 0 Å². The van der Waals surface area contributed by atoms with Gasteiger partial charge in [0.05, 0.1) is 30.5 Å². The van der Waals surface area contributed by atoms with Gasteiger partial charge in [-0.2, -0.15) is 8.42 Å². The van der Waals surface area contributed by atoms with Gasteiger partial charge < -0.3 is 19.9 Å². The van der Waals surface area contributed by atoms with Crippen LogP contribution in [0, 0.1) is 6.92 Å². The topological polar surface area (TPSA) is 100 Å². The average Bonchev–Trinajstić information content (AvgIpc) is 3.27. The third kappa shape index (κ3) is 3.91. The van der Waals surface area contributed by atoms with E-state index >= 15 is 0 Å². The summed E-state index contributed by atoms with van der Waals surface area (Å²) in [5, 5.41) is 15.8. The molecule has 180 valence electrons. The molecule has 0 aromatic heterocycles. The summed E-state index contributed by atoms with van der Waals surface area (Å²) < 4.78 is 39.0. The normalized spacial score (nSPS) is 14.1. The van der Waals surface area contributed by atoms with E-state index in [0.717, 1.165) is 16.7 Å². The van der Waals surface area contributed by atoms with E-state index < -0.39 is 10.0 Å². The number of anilines is 1. The number of sulfonamides is 1. The summed E-state index contributed by atoms with van der Waals surface area (Å²) in [5.41, 5.74) is 3.35. The number of rotatable bonds is 7. The van der Waals surface area contributed by atoms with Crippen LogP contribution in [-0.4, -0.2) is 44.5 Å². The molecule has 3 aromatic rings. The van der Waals surface area contributed by atoms with Crippen LogP contribution in [0.25, 0.3) is 5.57 Å². The maximum atomic E-state index is 13.6. The number of methoxy groups -OCH3 is 2. The summed E-state index contributed by atoms with van der Waals surface area (Å²) in [6.45, 7) is 2.83. The predicted molar refractivity (Wildman–Crippen MR) is 133 cm³/mol. The monoisotopic (exact) mass is 492 g/mol. The van der Waals surface area contributed by atoms with Crippen LogP contribution < -0.4 is 25.4 Å². The number of phenolic OH excluding ortho intramolecular Hbond substituents is 1. The summed E-state index contributed by atoms with van der Waals surface area (Å²) in [4.78, 5) is 4.76. The Morgan fingerprint density at radius 3 is 2.51 bits per heavy atom. The molecule has 35 heavy (non-hydrogen) atoms.